The van der Waals surface area contributed by atoms with Gasteiger partial charge in [0.25, 0.3) is 0 Å². The maximum atomic E-state index is 9.03. The van der Waals surface area contributed by atoms with Gasteiger partial charge in [0.2, 0.25) is 0 Å². The van der Waals surface area contributed by atoms with Gasteiger partial charge in [-0.2, -0.15) is 5.26 Å². The minimum atomic E-state index is 0.688. The van der Waals surface area contributed by atoms with E-state index in [0.717, 1.165) is 23.4 Å². The molecule has 0 radical (unpaired) electrons. The minimum Gasteiger partial charge on any atom is -0.384 e. The number of benzene rings is 1. The number of aryl methyl sites for hydroxylation is 1. The summed E-state index contributed by atoms with van der Waals surface area (Å²) in [5.74, 6) is 0.688. The van der Waals surface area contributed by atoms with Crippen LogP contribution in [-0.4, -0.2) is 6.54 Å². The van der Waals surface area contributed by atoms with E-state index in [1.807, 2.05) is 25.1 Å². The molecule has 2 heteroatoms. The summed E-state index contributed by atoms with van der Waals surface area (Å²) < 4.78 is 0. The number of hydrogen-bond donors (Lipinski definition) is 1. The zero-order valence-electron chi connectivity index (χ0n) is 10.4. The van der Waals surface area contributed by atoms with Gasteiger partial charge in [-0.15, -0.1) is 0 Å². The van der Waals surface area contributed by atoms with Crippen molar-refractivity contribution < 1.29 is 0 Å². The van der Waals surface area contributed by atoms with E-state index < -0.39 is 0 Å². The van der Waals surface area contributed by atoms with E-state index in [1.165, 1.54) is 12.8 Å². The van der Waals surface area contributed by atoms with Crippen LogP contribution in [0.15, 0.2) is 18.2 Å². The summed E-state index contributed by atoms with van der Waals surface area (Å²) in [7, 11) is 0. The van der Waals surface area contributed by atoms with Crippen molar-refractivity contribution in [2.45, 2.75) is 33.6 Å². The van der Waals surface area contributed by atoms with Crippen LogP contribution in [0.3, 0.4) is 0 Å². The van der Waals surface area contributed by atoms with Gasteiger partial charge >= 0.3 is 0 Å². The van der Waals surface area contributed by atoms with Gasteiger partial charge in [0.05, 0.1) is 11.3 Å². The Balaban J connectivity index is 2.70. The summed E-state index contributed by atoms with van der Waals surface area (Å²) >= 11 is 0. The van der Waals surface area contributed by atoms with Crippen molar-refractivity contribution >= 4 is 5.69 Å². The third kappa shape index (κ3) is 3.27. The van der Waals surface area contributed by atoms with Crippen molar-refractivity contribution in [3.8, 4) is 6.07 Å². The number of rotatable bonds is 5. The lowest BCUT2D eigenvalue weighted by Gasteiger charge is -2.15. The molecule has 1 aromatic rings. The second kappa shape index (κ2) is 6.17. The average Bonchev–Trinajstić information content (AvgIpc) is 2.31. The van der Waals surface area contributed by atoms with Gasteiger partial charge in [0.1, 0.15) is 6.07 Å². The normalized spacial score (nSPS) is 10.2. The Kier molecular flexibility index (Phi) is 4.85. The Hall–Kier alpha value is -1.49. The Morgan fingerprint density at radius 1 is 1.31 bits per heavy atom. The SMILES string of the molecule is CCC(CC)CNc1ccc(C)cc1C#N. The van der Waals surface area contributed by atoms with E-state index in [4.69, 9.17) is 5.26 Å². The standard InChI is InChI=1S/C14H20N2/c1-4-12(5-2)10-16-14-7-6-11(3)8-13(14)9-15/h6-8,12,16H,4-5,10H2,1-3H3. The Morgan fingerprint density at radius 3 is 2.56 bits per heavy atom. The minimum absolute atomic E-state index is 0.688. The van der Waals surface area contributed by atoms with E-state index in [2.05, 4.69) is 25.2 Å². The van der Waals surface area contributed by atoms with Crippen LogP contribution in [0.5, 0.6) is 0 Å². The Morgan fingerprint density at radius 2 is 2.00 bits per heavy atom. The predicted octanol–water partition coefficient (Wildman–Crippen LogP) is 3.71. The molecule has 0 aliphatic carbocycles. The molecule has 1 rings (SSSR count). The van der Waals surface area contributed by atoms with E-state index in [1.54, 1.807) is 0 Å². The molecule has 0 unspecified atom stereocenters. The molecule has 0 spiro atoms. The summed E-state index contributed by atoms with van der Waals surface area (Å²) in [5, 5.41) is 12.4. The molecule has 0 aromatic heterocycles. The highest BCUT2D eigenvalue weighted by molar-refractivity contribution is 5.58. The van der Waals surface area contributed by atoms with Crippen molar-refractivity contribution in [2.75, 3.05) is 11.9 Å². The molecule has 0 aliphatic heterocycles. The molecule has 2 nitrogen and oxygen atoms in total. The molecule has 0 saturated carbocycles. The Labute approximate surface area is 98.3 Å². The van der Waals surface area contributed by atoms with Crippen LogP contribution in [0.4, 0.5) is 5.69 Å². The molecule has 0 fully saturated rings. The summed E-state index contributed by atoms with van der Waals surface area (Å²) in [5.41, 5.74) is 2.83. The molecule has 0 bridgehead atoms. The summed E-state index contributed by atoms with van der Waals surface area (Å²) in [6.07, 6.45) is 2.36. The highest BCUT2D eigenvalue weighted by Crippen LogP contribution is 2.17. The summed E-state index contributed by atoms with van der Waals surface area (Å²) in [6, 6.07) is 8.19. The predicted molar refractivity (Wildman–Crippen MR) is 68.5 cm³/mol. The van der Waals surface area contributed by atoms with Gasteiger partial charge < -0.3 is 5.32 Å². The van der Waals surface area contributed by atoms with E-state index in [0.29, 0.717) is 5.92 Å². The van der Waals surface area contributed by atoms with Crippen LogP contribution in [0.2, 0.25) is 0 Å². The molecule has 16 heavy (non-hydrogen) atoms. The number of nitriles is 1. The van der Waals surface area contributed by atoms with E-state index in [9.17, 15) is 0 Å². The largest absolute Gasteiger partial charge is 0.384 e. The molecule has 0 atom stereocenters. The average molecular weight is 216 g/mol. The van der Waals surface area contributed by atoms with Crippen LogP contribution in [0.25, 0.3) is 0 Å². The first-order valence-electron chi connectivity index (χ1n) is 5.95. The lowest BCUT2D eigenvalue weighted by molar-refractivity contribution is 0.519. The third-order valence-corrected chi connectivity index (χ3v) is 3.03. The van der Waals surface area contributed by atoms with Crippen LogP contribution >= 0.6 is 0 Å². The topological polar surface area (TPSA) is 35.8 Å². The highest BCUT2D eigenvalue weighted by Gasteiger charge is 2.05. The maximum absolute atomic E-state index is 9.03. The Bertz CT molecular complexity index is 373. The van der Waals surface area contributed by atoms with E-state index >= 15 is 0 Å². The van der Waals surface area contributed by atoms with Crippen molar-refractivity contribution in [3.05, 3.63) is 29.3 Å². The maximum Gasteiger partial charge on any atom is 0.101 e. The van der Waals surface area contributed by atoms with Crippen molar-refractivity contribution in [1.29, 1.82) is 5.26 Å². The van der Waals surface area contributed by atoms with Gasteiger partial charge in [0, 0.05) is 6.54 Å². The first kappa shape index (κ1) is 12.6. The van der Waals surface area contributed by atoms with Crippen molar-refractivity contribution in [2.24, 2.45) is 5.92 Å². The van der Waals surface area contributed by atoms with Crippen molar-refractivity contribution in [1.82, 2.24) is 0 Å². The lowest BCUT2D eigenvalue weighted by atomic mass is 10.0. The fourth-order valence-corrected chi connectivity index (χ4v) is 1.74. The van der Waals surface area contributed by atoms with Gasteiger partial charge in [0.15, 0.2) is 0 Å². The number of nitrogens with one attached hydrogen (secondary N) is 1. The summed E-state index contributed by atoms with van der Waals surface area (Å²) in [6.45, 7) is 7.36. The highest BCUT2D eigenvalue weighted by atomic mass is 14.9. The van der Waals surface area contributed by atoms with E-state index in [-0.39, 0.29) is 0 Å². The lowest BCUT2D eigenvalue weighted by Crippen LogP contribution is -2.13. The van der Waals surface area contributed by atoms with Crippen LogP contribution < -0.4 is 5.32 Å². The second-order valence-corrected chi connectivity index (χ2v) is 4.22. The van der Waals surface area contributed by atoms with Gasteiger partial charge in [-0.3, -0.25) is 0 Å². The van der Waals surface area contributed by atoms with Gasteiger partial charge in [-0.1, -0.05) is 32.8 Å². The molecule has 1 aromatic carbocycles. The first-order chi connectivity index (χ1) is 7.71. The summed E-state index contributed by atoms with van der Waals surface area (Å²) in [4.78, 5) is 0. The molecular formula is C14H20N2. The second-order valence-electron chi connectivity index (χ2n) is 4.22. The number of anilines is 1. The molecule has 0 aliphatic rings. The van der Waals surface area contributed by atoms with Crippen LogP contribution in [0, 0.1) is 24.2 Å². The van der Waals surface area contributed by atoms with Crippen LogP contribution in [-0.2, 0) is 0 Å². The quantitative estimate of drug-likeness (QED) is 0.814. The number of nitrogens with zero attached hydrogens (tertiary/aromatic N) is 1. The molecule has 0 heterocycles. The molecule has 86 valence electrons. The fraction of sp³-hybridized carbons (Fsp3) is 0.500. The van der Waals surface area contributed by atoms with Crippen LogP contribution in [0.1, 0.15) is 37.8 Å². The molecular weight excluding hydrogens is 196 g/mol. The monoisotopic (exact) mass is 216 g/mol. The smallest absolute Gasteiger partial charge is 0.101 e. The third-order valence-electron chi connectivity index (χ3n) is 3.03. The molecule has 0 amide bonds. The van der Waals surface area contributed by atoms with Crippen molar-refractivity contribution in [3.63, 3.8) is 0 Å². The molecule has 0 saturated heterocycles. The zero-order chi connectivity index (χ0) is 12.0. The fourth-order valence-electron chi connectivity index (χ4n) is 1.74. The van der Waals surface area contributed by atoms with Gasteiger partial charge in [-0.05, 0) is 30.5 Å². The van der Waals surface area contributed by atoms with Gasteiger partial charge in [-0.25, -0.2) is 0 Å². The molecule has 1 N–H and O–H groups in total. The number of hydrogen-bond acceptors (Lipinski definition) is 2. The zero-order valence-corrected chi connectivity index (χ0v) is 10.4. The first-order valence-corrected chi connectivity index (χ1v) is 5.95.